The molecule has 30 heavy (non-hydrogen) atoms. The zero-order chi connectivity index (χ0) is 21.7. The minimum absolute atomic E-state index is 0.0348. The van der Waals surface area contributed by atoms with Gasteiger partial charge in [0.15, 0.2) is 6.29 Å². The fraction of sp³-hybridized carbons (Fsp3) is 0.286. The highest BCUT2D eigenvalue weighted by Gasteiger charge is 2.19. The van der Waals surface area contributed by atoms with Crippen LogP contribution in [0.4, 0.5) is 0 Å². The molecule has 1 aromatic carbocycles. The van der Waals surface area contributed by atoms with Crippen molar-refractivity contribution in [1.29, 1.82) is 0 Å². The van der Waals surface area contributed by atoms with Crippen molar-refractivity contribution in [2.24, 2.45) is 0 Å². The second kappa shape index (κ2) is 9.49. The first-order valence-electron chi connectivity index (χ1n) is 9.32. The van der Waals surface area contributed by atoms with Crippen LogP contribution >= 0.6 is 0 Å². The highest BCUT2D eigenvalue weighted by molar-refractivity contribution is 5.83. The first-order chi connectivity index (χ1) is 14.4. The Labute approximate surface area is 173 Å². The maximum absolute atomic E-state index is 11.6. The second-order valence-corrected chi connectivity index (χ2v) is 6.76. The van der Waals surface area contributed by atoms with Gasteiger partial charge in [0, 0.05) is 24.0 Å². The summed E-state index contributed by atoms with van der Waals surface area (Å²) in [5.74, 6) is 0.182. The summed E-state index contributed by atoms with van der Waals surface area (Å²) in [4.78, 5) is 16.1. The molecule has 158 valence electrons. The molecule has 0 spiro atoms. The Bertz CT molecular complexity index is 1000. The molecule has 0 aliphatic rings. The predicted molar refractivity (Wildman–Crippen MR) is 107 cm³/mol. The van der Waals surface area contributed by atoms with E-state index in [-0.39, 0.29) is 29.7 Å². The molecule has 3 N–H and O–H groups in total. The van der Waals surface area contributed by atoms with Crippen LogP contribution in [-0.2, 0) is 6.61 Å². The molecule has 2 heterocycles. The average molecular weight is 413 g/mol. The lowest BCUT2D eigenvalue weighted by Gasteiger charge is -2.18. The van der Waals surface area contributed by atoms with E-state index in [1.54, 1.807) is 30.6 Å². The van der Waals surface area contributed by atoms with Gasteiger partial charge >= 0.3 is 0 Å². The Morgan fingerprint density at radius 2 is 1.83 bits per heavy atom. The molecular weight excluding hydrogens is 390 g/mol. The largest absolute Gasteiger partial charge is 0.488 e. The molecule has 0 aliphatic heterocycles. The van der Waals surface area contributed by atoms with Crippen LogP contribution in [0.3, 0.4) is 0 Å². The molecule has 0 aliphatic carbocycles. The number of aldehydes is 1. The summed E-state index contributed by atoms with van der Waals surface area (Å²) in [6.07, 6.45) is -0.110. The van der Waals surface area contributed by atoms with Crippen molar-refractivity contribution < 1.29 is 29.6 Å². The quantitative estimate of drug-likeness (QED) is 0.359. The number of benzene rings is 1. The third kappa shape index (κ3) is 4.65. The standard InChI is InChI=1S/C21H23N3O6/c1-13(2)24-16(8-10-23-24)19-14(5-4-9-22-19)12-29-17-6-3-7-18(15(17)11-25)30-21(28)20(26)27/h3-11,13,20-21,26-28H,12H2,1-2H3. The van der Waals surface area contributed by atoms with Gasteiger partial charge < -0.3 is 24.8 Å². The van der Waals surface area contributed by atoms with Crippen molar-refractivity contribution in [3.8, 4) is 22.9 Å². The zero-order valence-electron chi connectivity index (χ0n) is 16.5. The number of pyridine rings is 1. The lowest BCUT2D eigenvalue weighted by atomic mass is 10.1. The molecule has 0 saturated heterocycles. The number of aliphatic hydroxyl groups is 3. The van der Waals surface area contributed by atoms with Crippen LogP contribution in [0, 0.1) is 0 Å². The smallest absolute Gasteiger partial charge is 0.248 e. The molecular formula is C21H23N3O6. The number of hydrogen-bond donors (Lipinski definition) is 3. The van der Waals surface area contributed by atoms with E-state index in [9.17, 15) is 9.90 Å². The van der Waals surface area contributed by atoms with Crippen molar-refractivity contribution in [3.63, 3.8) is 0 Å². The van der Waals surface area contributed by atoms with Crippen molar-refractivity contribution in [3.05, 3.63) is 59.9 Å². The molecule has 3 rings (SSSR count). The zero-order valence-corrected chi connectivity index (χ0v) is 16.5. The van der Waals surface area contributed by atoms with Crippen molar-refractivity contribution in [1.82, 2.24) is 14.8 Å². The monoisotopic (exact) mass is 413 g/mol. The maximum Gasteiger partial charge on any atom is 0.248 e. The molecule has 0 saturated carbocycles. The van der Waals surface area contributed by atoms with Crippen LogP contribution in [0.5, 0.6) is 11.5 Å². The fourth-order valence-electron chi connectivity index (χ4n) is 2.91. The summed E-state index contributed by atoms with van der Waals surface area (Å²) in [6, 6.07) is 10.2. The van der Waals surface area contributed by atoms with Gasteiger partial charge in [-0.05, 0) is 38.1 Å². The summed E-state index contributed by atoms with van der Waals surface area (Å²) in [6.45, 7) is 4.16. The van der Waals surface area contributed by atoms with E-state index in [1.165, 1.54) is 6.07 Å². The molecule has 0 fully saturated rings. The first kappa shape index (κ1) is 21.4. The summed E-state index contributed by atoms with van der Waals surface area (Å²) >= 11 is 0. The summed E-state index contributed by atoms with van der Waals surface area (Å²) in [5, 5.41) is 31.8. The maximum atomic E-state index is 11.6. The molecule has 3 aromatic rings. The summed E-state index contributed by atoms with van der Waals surface area (Å²) in [7, 11) is 0. The average Bonchev–Trinajstić information content (AvgIpc) is 3.22. The number of aliphatic hydroxyl groups excluding tert-OH is 2. The molecule has 0 amide bonds. The van der Waals surface area contributed by atoms with Crippen LogP contribution in [0.25, 0.3) is 11.4 Å². The molecule has 1 unspecified atom stereocenters. The Kier molecular flexibility index (Phi) is 6.78. The Morgan fingerprint density at radius 1 is 1.07 bits per heavy atom. The van der Waals surface area contributed by atoms with Crippen molar-refractivity contribution in [2.45, 2.75) is 39.1 Å². The van der Waals surface area contributed by atoms with E-state index in [4.69, 9.17) is 19.7 Å². The topological polar surface area (TPSA) is 127 Å². The number of ether oxygens (including phenoxy) is 2. The van der Waals surface area contributed by atoms with Gasteiger partial charge in [-0.3, -0.25) is 14.5 Å². The number of aromatic nitrogens is 3. The van der Waals surface area contributed by atoms with Gasteiger partial charge in [0.25, 0.3) is 0 Å². The van der Waals surface area contributed by atoms with Crippen LogP contribution in [-0.4, -0.2) is 49.0 Å². The van der Waals surface area contributed by atoms with Crippen LogP contribution in [0.2, 0.25) is 0 Å². The van der Waals surface area contributed by atoms with Crippen LogP contribution in [0.1, 0.15) is 35.8 Å². The van der Waals surface area contributed by atoms with Gasteiger partial charge in [0.05, 0.1) is 17.0 Å². The van der Waals surface area contributed by atoms with E-state index < -0.39 is 12.6 Å². The van der Waals surface area contributed by atoms with E-state index in [1.807, 2.05) is 30.7 Å². The third-order valence-corrected chi connectivity index (χ3v) is 4.32. The number of hydrogen-bond acceptors (Lipinski definition) is 8. The van der Waals surface area contributed by atoms with Crippen LogP contribution in [0.15, 0.2) is 48.8 Å². The lowest BCUT2D eigenvalue weighted by Crippen LogP contribution is -2.31. The summed E-state index contributed by atoms with van der Waals surface area (Å²) < 4.78 is 12.7. The normalized spacial score (nSPS) is 12.2. The predicted octanol–water partition coefficient (Wildman–Crippen LogP) is 1.93. The van der Waals surface area contributed by atoms with Gasteiger partial charge in [-0.2, -0.15) is 5.10 Å². The lowest BCUT2D eigenvalue weighted by molar-refractivity contribution is -0.194. The molecule has 0 radical (unpaired) electrons. The number of carbonyl (C=O) groups excluding carboxylic acids is 1. The van der Waals surface area contributed by atoms with Gasteiger partial charge in [0.2, 0.25) is 12.6 Å². The van der Waals surface area contributed by atoms with Crippen LogP contribution < -0.4 is 9.47 Å². The van der Waals surface area contributed by atoms with E-state index >= 15 is 0 Å². The van der Waals surface area contributed by atoms with Gasteiger partial charge in [-0.15, -0.1) is 0 Å². The Morgan fingerprint density at radius 3 is 2.53 bits per heavy atom. The van der Waals surface area contributed by atoms with Gasteiger partial charge in [-0.1, -0.05) is 12.1 Å². The molecule has 9 heteroatoms. The molecule has 1 atom stereocenters. The van der Waals surface area contributed by atoms with E-state index in [0.29, 0.717) is 12.0 Å². The van der Waals surface area contributed by atoms with Crippen molar-refractivity contribution in [2.75, 3.05) is 0 Å². The second-order valence-electron chi connectivity index (χ2n) is 6.76. The minimum Gasteiger partial charge on any atom is -0.488 e. The third-order valence-electron chi connectivity index (χ3n) is 4.32. The first-order valence-corrected chi connectivity index (χ1v) is 9.32. The number of rotatable bonds is 9. The number of nitrogens with zero attached hydrogens (tertiary/aromatic N) is 3. The van der Waals surface area contributed by atoms with Gasteiger partial charge in [0.1, 0.15) is 18.1 Å². The minimum atomic E-state index is -2.11. The number of carbonyl (C=O) groups is 1. The van der Waals surface area contributed by atoms with Gasteiger partial charge in [-0.25, -0.2) is 0 Å². The summed E-state index contributed by atoms with van der Waals surface area (Å²) in [5.41, 5.74) is 2.38. The molecule has 2 aromatic heterocycles. The van der Waals surface area contributed by atoms with Crippen molar-refractivity contribution >= 4 is 6.29 Å². The fourth-order valence-corrected chi connectivity index (χ4v) is 2.91. The highest BCUT2D eigenvalue weighted by Crippen LogP contribution is 2.30. The van der Waals surface area contributed by atoms with E-state index in [2.05, 4.69) is 10.1 Å². The van der Waals surface area contributed by atoms with E-state index in [0.717, 1.165) is 11.3 Å². The Balaban J connectivity index is 1.86. The molecule has 0 bridgehead atoms. The molecule has 9 nitrogen and oxygen atoms in total. The highest BCUT2D eigenvalue weighted by atomic mass is 16.6. The SMILES string of the molecule is CC(C)n1nccc1-c1ncccc1COc1cccc(OC(O)C(O)O)c1C=O. The Hall–Kier alpha value is -3.27.